The number of carbonyl (C=O) groups excluding carboxylic acids is 2. The molecule has 2 aliphatic heterocycles. The maximum absolute atomic E-state index is 12.5. The number of rotatable bonds is 3. The summed E-state index contributed by atoms with van der Waals surface area (Å²) < 4.78 is 5.31. The molecule has 0 aliphatic carbocycles. The standard InChI is InChI=1S/C18H25N3O3/c1-15-2-4-16(5-3-15)18(23)21-8-6-20(7-9-21)17(22)14-19-10-12-24-13-11-19/h2-5H,6-14H2,1H3. The molecule has 6 nitrogen and oxygen atoms in total. The molecule has 3 rings (SSSR count). The molecule has 24 heavy (non-hydrogen) atoms. The van der Waals surface area contributed by atoms with Crippen LogP contribution < -0.4 is 0 Å². The van der Waals surface area contributed by atoms with Gasteiger partial charge in [0.1, 0.15) is 0 Å². The first kappa shape index (κ1) is 16.9. The monoisotopic (exact) mass is 331 g/mol. The van der Waals surface area contributed by atoms with Crippen molar-refractivity contribution in [3.05, 3.63) is 35.4 Å². The number of aryl methyl sites for hydroxylation is 1. The Kier molecular flexibility index (Phi) is 5.48. The zero-order valence-corrected chi connectivity index (χ0v) is 14.2. The Labute approximate surface area is 143 Å². The fraction of sp³-hybridized carbons (Fsp3) is 0.556. The van der Waals surface area contributed by atoms with Gasteiger partial charge < -0.3 is 14.5 Å². The zero-order chi connectivity index (χ0) is 16.9. The maximum Gasteiger partial charge on any atom is 0.253 e. The van der Waals surface area contributed by atoms with Crippen molar-refractivity contribution in [1.29, 1.82) is 0 Å². The van der Waals surface area contributed by atoms with Gasteiger partial charge in [-0.3, -0.25) is 14.5 Å². The summed E-state index contributed by atoms with van der Waals surface area (Å²) in [6.07, 6.45) is 0. The molecule has 2 aliphatic rings. The SMILES string of the molecule is Cc1ccc(C(=O)N2CCN(C(=O)CN3CCOCC3)CC2)cc1. The highest BCUT2D eigenvalue weighted by molar-refractivity contribution is 5.94. The Morgan fingerprint density at radius 3 is 2.12 bits per heavy atom. The second kappa shape index (κ2) is 7.77. The minimum Gasteiger partial charge on any atom is -0.379 e. The number of hydrogen-bond donors (Lipinski definition) is 0. The van der Waals surface area contributed by atoms with Crippen molar-refractivity contribution in [3.63, 3.8) is 0 Å². The molecule has 0 bridgehead atoms. The van der Waals surface area contributed by atoms with Crippen LogP contribution in [-0.2, 0) is 9.53 Å². The summed E-state index contributed by atoms with van der Waals surface area (Å²) in [5.41, 5.74) is 1.86. The molecular weight excluding hydrogens is 306 g/mol. The van der Waals surface area contributed by atoms with Crippen molar-refractivity contribution in [1.82, 2.24) is 14.7 Å². The first-order valence-electron chi connectivity index (χ1n) is 8.57. The number of benzene rings is 1. The molecule has 0 saturated carbocycles. The fourth-order valence-electron chi connectivity index (χ4n) is 3.09. The normalized spacial score (nSPS) is 19.4. The Balaban J connectivity index is 1.48. The smallest absolute Gasteiger partial charge is 0.253 e. The molecule has 0 spiro atoms. The molecule has 130 valence electrons. The first-order chi connectivity index (χ1) is 11.6. The number of piperazine rings is 1. The van der Waals surface area contributed by atoms with Gasteiger partial charge in [0, 0.05) is 44.8 Å². The number of morpholine rings is 1. The van der Waals surface area contributed by atoms with Crippen LogP contribution >= 0.6 is 0 Å². The predicted octanol–water partition coefficient (Wildman–Crippen LogP) is 0.612. The Morgan fingerprint density at radius 2 is 1.50 bits per heavy atom. The van der Waals surface area contributed by atoms with Crippen molar-refractivity contribution in [2.75, 3.05) is 59.0 Å². The quantitative estimate of drug-likeness (QED) is 0.814. The lowest BCUT2D eigenvalue weighted by atomic mass is 10.1. The average molecular weight is 331 g/mol. The highest BCUT2D eigenvalue weighted by Crippen LogP contribution is 2.11. The number of hydrogen-bond acceptors (Lipinski definition) is 4. The van der Waals surface area contributed by atoms with Gasteiger partial charge in [-0.15, -0.1) is 0 Å². The lowest BCUT2D eigenvalue weighted by molar-refractivity contribution is -0.134. The van der Waals surface area contributed by atoms with Gasteiger partial charge in [0.2, 0.25) is 5.91 Å². The Morgan fingerprint density at radius 1 is 0.917 bits per heavy atom. The fourth-order valence-corrected chi connectivity index (χ4v) is 3.09. The molecule has 0 unspecified atom stereocenters. The summed E-state index contributed by atoms with van der Waals surface area (Å²) in [5, 5.41) is 0. The molecule has 1 aromatic carbocycles. The maximum atomic E-state index is 12.5. The van der Waals surface area contributed by atoms with E-state index in [-0.39, 0.29) is 11.8 Å². The van der Waals surface area contributed by atoms with E-state index in [2.05, 4.69) is 4.90 Å². The third-order valence-electron chi connectivity index (χ3n) is 4.68. The largest absolute Gasteiger partial charge is 0.379 e. The first-order valence-corrected chi connectivity index (χ1v) is 8.57. The van der Waals surface area contributed by atoms with Crippen LogP contribution in [0, 0.1) is 6.92 Å². The van der Waals surface area contributed by atoms with E-state index in [1.54, 1.807) is 0 Å². The van der Waals surface area contributed by atoms with Gasteiger partial charge >= 0.3 is 0 Å². The van der Waals surface area contributed by atoms with Crippen LogP contribution in [0.5, 0.6) is 0 Å². The molecule has 0 atom stereocenters. The lowest BCUT2D eigenvalue weighted by Crippen LogP contribution is -2.53. The molecule has 2 amide bonds. The van der Waals surface area contributed by atoms with Gasteiger partial charge in [0.05, 0.1) is 19.8 Å². The molecular formula is C18H25N3O3. The van der Waals surface area contributed by atoms with Crippen LogP contribution in [0.25, 0.3) is 0 Å². The van der Waals surface area contributed by atoms with Crippen LogP contribution in [0.1, 0.15) is 15.9 Å². The van der Waals surface area contributed by atoms with Crippen molar-refractivity contribution in [3.8, 4) is 0 Å². The van der Waals surface area contributed by atoms with Gasteiger partial charge in [-0.25, -0.2) is 0 Å². The van der Waals surface area contributed by atoms with Crippen LogP contribution in [0.4, 0.5) is 0 Å². The third kappa shape index (κ3) is 4.13. The molecule has 0 aromatic heterocycles. The topological polar surface area (TPSA) is 53.1 Å². The lowest BCUT2D eigenvalue weighted by Gasteiger charge is -2.36. The number of amides is 2. The molecule has 6 heteroatoms. The van der Waals surface area contributed by atoms with E-state index in [1.165, 1.54) is 0 Å². The van der Waals surface area contributed by atoms with E-state index in [1.807, 2.05) is 41.0 Å². The summed E-state index contributed by atoms with van der Waals surface area (Å²) in [4.78, 5) is 30.7. The molecule has 2 heterocycles. The van der Waals surface area contributed by atoms with Crippen LogP contribution in [0.15, 0.2) is 24.3 Å². The van der Waals surface area contributed by atoms with E-state index in [0.717, 1.165) is 18.7 Å². The highest BCUT2D eigenvalue weighted by Gasteiger charge is 2.26. The van der Waals surface area contributed by atoms with Crippen LogP contribution in [0.2, 0.25) is 0 Å². The second-order valence-electron chi connectivity index (χ2n) is 6.43. The minimum absolute atomic E-state index is 0.0512. The van der Waals surface area contributed by atoms with E-state index in [0.29, 0.717) is 51.5 Å². The Bertz CT molecular complexity index is 574. The summed E-state index contributed by atoms with van der Waals surface area (Å²) in [6, 6.07) is 7.64. The van der Waals surface area contributed by atoms with E-state index < -0.39 is 0 Å². The average Bonchev–Trinajstić information content (AvgIpc) is 2.63. The Hall–Kier alpha value is -1.92. The molecule has 0 N–H and O–H groups in total. The summed E-state index contributed by atoms with van der Waals surface area (Å²) in [6.45, 7) is 7.92. The van der Waals surface area contributed by atoms with E-state index in [9.17, 15) is 9.59 Å². The summed E-state index contributed by atoms with van der Waals surface area (Å²) in [7, 11) is 0. The van der Waals surface area contributed by atoms with Gasteiger partial charge in [-0.2, -0.15) is 0 Å². The minimum atomic E-state index is 0.0512. The number of ether oxygens (including phenoxy) is 1. The second-order valence-corrected chi connectivity index (χ2v) is 6.43. The van der Waals surface area contributed by atoms with Gasteiger partial charge in [-0.1, -0.05) is 17.7 Å². The zero-order valence-electron chi connectivity index (χ0n) is 14.2. The van der Waals surface area contributed by atoms with Gasteiger partial charge in [-0.05, 0) is 19.1 Å². The van der Waals surface area contributed by atoms with Crippen molar-refractivity contribution >= 4 is 11.8 Å². The summed E-state index contributed by atoms with van der Waals surface area (Å²) >= 11 is 0. The molecule has 2 saturated heterocycles. The molecule has 0 radical (unpaired) electrons. The van der Waals surface area contributed by atoms with Crippen molar-refractivity contribution < 1.29 is 14.3 Å². The third-order valence-corrected chi connectivity index (χ3v) is 4.68. The van der Waals surface area contributed by atoms with Gasteiger partial charge in [0.25, 0.3) is 5.91 Å². The van der Waals surface area contributed by atoms with Crippen LogP contribution in [-0.4, -0.2) is 85.5 Å². The van der Waals surface area contributed by atoms with E-state index in [4.69, 9.17) is 4.74 Å². The molecule has 1 aromatic rings. The van der Waals surface area contributed by atoms with E-state index >= 15 is 0 Å². The van der Waals surface area contributed by atoms with Crippen molar-refractivity contribution in [2.45, 2.75) is 6.92 Å². The van der Waals surface area contributed by atoms with Crippen molar-refractivity contribution in [2.24, 2.45) is 0 Å². The number of carbonyl (C=O) groups is 2. The summed E-state index contributed by atoms with van der Waals surface area (Å²) in [5.74, 6) is 0.203. The van der Waals surface area contributed by atoms with Crippen LogP contribution in [0.3, 0.4) is 0 Å². The molecule has 2 fully saturated rings. The highest BCUT2D eigenvalue weighted by atomic mass is 16.5. The number of nitrogens with zero attached hydrogens (tertiary/aromatic N) is 3. The predicted molar refractivity (Wildman–Crippen MR) is 90.9 cm³/mol. The van der Waals surface area contributed by atoms with Gasteiger partial charge in [0.15, 0.2) is 0 Å².